The normalized spacial score (nSPS) is 24.0. The first-order valence-corrected chi connectivity index (χ1v) is 13.9. The molecule has 1 aliphatic carbocycles. The van der Waals surface area contributed by atoms with E-state index in [-0.39, 0.29) is 0 Å². The fraction of sp³-hybridized carbons (Fsp3) is 0.571. The zero-order valence-electron chi connectivity index (χ0n) is 22.3. The summed E-state index contributed by atoms with van der Waals surface area (Å²) in [6.07, 6.45) is 4.65. The first-order valence-electron chi connectivity index (χ1n) is 13.1. The third-order valence-corrected chi connectivity index (χ3v) is 9.30. The molecule has 0 radical (unpaired) electrons. The van der Waals surface area contributed by atoms with E-state index in [9.17, 15) is 0 Å². The highest BCUT2D eigenvalue weighted by molar-refractivity contribution is 8.13. The summed E-state index contributed by atoms with van der Waals surface area (Å²) in [7, 11) is 2.24. The molecule has 0 aromatic heterocycles. The Morgan fingerprint density at radius 3 is 2.61 bits per heavy atom. The maximum absolute atomic E-state index is 6.32. The third-order valence-electron chi connectivity index (χ3n) is 8.07. The van der Waals surface area contributed by atoms with E-state index in [1.165, 1.54) is 18.4 Å². The summed E-state index contributed by atoms with van der Waals surface area (Å²) in [5.74, 6) is 4.34. The van der Waals surface area contributed by atoms with Gasteiger partial charge in [-0.05, 0) is 78.0 Å². The number of allylic oxidation sites excluding steroid dienone is 1. The summed E-state index contributed by atoms with van der Waals surface area (Å²) in [5.41, 5.74) is 9.71. The lowest BCUT2D eigenvalue weighted by Gasteiger charge is -2.34. The van der Waals surface area contributed by atoms with Crippen molar-refractivity contribution in [2.45, 2.75) is 58.3 Å². The van der Waals surface area contributed by atoms with Crippen LogP contribution in [0.2, 0.25) is 0 Å². The van der Waals surface area contributed by atoms with Crippen LogP contribution in [-0.4, -0.2) is 49.0 Å². The van der Waals surface area contributed by atoms with Crippen LogP contribution in [0.3, 0.4) is 0 Å². The average molecular weight is 511 g/mol. The van der Waals surface area contributed by atoms with Crippen LogP contribution in [0.5, 0.6) is 11.5 Å². The Bertz CT molecular complexity index is 1160. The molecule has 1 saturated carbocycles. The topological polar surface area (TPSA) is 81.2 Å². The van der Waals surface area contributed by atoms with Gasteiger partial charge in [-0.3, -0.25) is 0 Å². The number of hydrogen-bond acceptors (Lipinski definition) is 7. The fourth-order valence-corrected chi connectivity index (χ4v) is 6.12. The Morgan fingerprint density at radius 2 is 1.94 bits per heavy atom. The number of aliphatic imine (C=N–C) groups is 2. The number of rotatable bonds is 7. The Hall–Kier alpha value is -2.45. The van der Waals surface area contributed by atoms with Crippen molar-refractivity contribution in [3.63, 3.8) is 0 Å². The second-order valence-electron chi connectivity index (χ2n) is 11.7. The maximum atomic E-state index is 6.32. The highest BCUT2D eigenvalue weighted by Gasteiger charge is 2.46. The van der Waals surface area contributed by atoms with Gasteiger partial charge in [0.1, 0.15) is 19.9 Å². The fourth-order valence-electron chi connectivity index (χ4n) is 4.93. The van der Waals surface area contributed by atoms with Crippen LogP contribution in [0.25, 0.3) is 5.57 Å². The number of quaternary nitrogens is 1. The third kappa shape index (κ3) is 4.77. The summed E-state index contributed by atoms with van der Waals surface area (Å²) in [4.78, 5) is 10.6. The number of nitrogens with two attached hydrogens (primary N) is 1. The number of thioether (sulfide) groups is 1. The largest absolute Gasteiger partial charge is 0.486 e. The molecule has 5 rings (SSSR count). The predicted octanol–water partition coefficient (Wildman–Crippen LogP) is 5.34. The monoisotopic (exact) mass is 510 g/mol. The van der Waals surface area contributed by atoms with Gasteiger partial charge in [-0.25, -0.2) is 9.48 Å². The van der Waals surface area contributed by atoms with Gasteiger partial charge in [-0.15, -0.1) is 0 Å². The minimum atomic E-state index is 0.295. The first kappa shape index (κ1) is 25.2. The number of nitrogens with one attached hydrogen (secondary N) is 1. The lowest BCUT2D eigenvalue weighted by atomic mass is 9.79. The summed E-state index contributed by atoms with van der Waals surface area (Å²) >= 11 is 1.70. The lowest BCUT2D eigenvalue weighted by Crippen LogP contribution is -2.51. The Balaban J connectivity index is 1.47. The molecule has 3 heterocycles. The number of fused-ring (bicyclic) bond motifs is 1. The van der Waals surface area contributed by atoms with Crippen LogP contribution in [0, 0.1) is 17.3 Å². The molecular formula is C28H40N5O2S+. The van der Waals surface area contributed by atoms with Crippen LogP contribution in [0.1, 0.15) is 58.9 Å². The number of nitrogens with zero attached hydrogens (tertiary/aromatic N) is 3. The number of amidine groups is 2. The van der Waals surface area contributed by atoms with Crippen molar-refractivity contribution >= 4 is 28.3 Å². The lowest BCUT2D eigenvalue weighted by molar-refractivity contribution is -0.778. The number of ether oxygens (including phenoxy) is 2. The molecule has 36 heavy (non-hydrogen) atoms. The minimum Gasteiger partial charge on any atom is -0.486 e. The molecule has 2 atom stereocenters. The second kappa shape index (κ2) is 9.45. The van der Waals surface area contributed by atoms with Gasteiger partial charge in [0.15, 0.2) is 23.0 Å². The van der Waals surface area contributed by atoms with E-state index >= 15 is 0 Å². The highest BCUT2D eigenvalue weighted by Crippen LogP contribution is 2.48. The van der Waals surface area contributed by atoms with Crippen LogP contribution in [-0.2, 0) is 0 Å². The molecule has 8 heteroatoms. The second-order valence-corrected chi connectivity index (χ2v) is 12.7. The van der Waals surface area contributed by atoms with Crippen molar-refractivity contribution in [1.29, 1.82) is 0 Å². The zero-order chi connectivity index (χ0) is 25.7. The number of hydrogen-bond donors (Lipinski definition) is 2. The molecule has 0 amide bonds. The van der Waals surface area contributed by atoms with Gasteiger partial charge in [-0.2, -0.15) is 4.99 Å². The predicted molar refractivity (Wildman–Crippen MR) is 148 cm³/mol. The van der Waals surface area contributed by atoms with E-state index in [0.29, 0.717) is 47.5 Å². The summed E-state index contributed by atoms with van der Waals surface area (Å²) in [6, 6.07) is 4.22. The Morgan fingerprint density at radius 1 is 1.25 bits per heavy atom. The molecule has 0 spiro atoms. The molecule has 4 aliphatic rings. The summed E-state index contributed by atoms with van der Waals surface area (Å²) in [6.45, 7) is 16.3. The molecule has 0 saturated heterocycles. The molecule has 2 unspecified atom stereocenters. The molecular weight excluding hydrogens is 470 g/mol. The molecule has 1 fully saturated rings. The minimum absolute atomic E-state index is 0.295. The standard InChI is InChI=1S/C28H40N5O2S/c1-17(28(3,4)5)8-7-11-33(6)26-24(25(29)30-16-31-26)32-27(33)36-23-15-22-21(34-12-13-35-22)14-20(23)18(2)19-9-10-19/h14-15,17,19,31H,2,7-13,16H2,1,3-6H3,(H2,29,30)/q+1. The first-order chi connectivity index (χ1) is 17.1. The van der Waals surface area contributed by atoms with Crippen molar-refractivity contribution in [1.82, 2.24) is 5.32 Å². The maximum Gasteiger partial charge on any atom is 0.275 e. The van der Waals surface area contributed by atoms with Crippen molar-refractivity contribution < 1.29 is 14.0 Å². The van der Waals surface area contributed by atoms with Gasteiger partial charge in [-0.1, -0.05) is 34.3 Å². The highest BCUT2D eigenvalue weighted by atomic mass is 32.2. The van der Waals surface area contributed by atoms with E-state index in [0.717, 1.165) is 58.0 Å². The molecule has 7 nitrogen and oxygen atoms in total. The average Bonchev–Trinajstić information content (AvgIpc) is 3.64. The van der Waals surface area contributed by atoms with Gasteiger partial charge in [0, 0.05) is 4.90 Å². The van der Waals surface area contributed by atoms with Gasteiger partial charge in [0.05, 0.1) is 13.6 Å². The van der Waals surface area contributed by atoms with Crippen molar-refractivity contribution in [3.05, 3.63) is 35.8 Å². The molecule has 1 aromatic carbocycles. The zero-order valence-corrected chi connectivity index (χ0v) is 23.1. The molecule has 1 aromatic rings. The van der Waals surface area contributed by atoms with E-state index < -0.39 is 0 Å². The van der Waals surface area contributed by atoms with E-state index in [2.05, 4.69) is 63.8 Å². The van der Waals surface area contributed by atoms with Crippen molar-refractivity contribution in [3.8, 4) is 11.5 Å². The molecule has 3 aliphatic heterocycles. The molecule has 0 bridgehead atoms. The summed E-state index contributed by atoms with van der Waals surface area (Å²) in [5, 5.41) is 4.49. The smallest absolute Gasteiger partial charge is 0.275 e. The van der Waals surface area contributed by atoms with Gasteiger partial charge in [0.25, 0.3) is 5.17 Å². The molecule has 3 N–H and O–H groups in total. The van der Waals surface area contributed by atoms with Gasteiger partial charge >= 0.3 is 0 Å². The van der Waals surface area contributed by atoms with E-state index in [1.807, 2.05) is 0 Å². The van der Waals surface area contributed by atoms with Gasteiger partial charge < -0.3 is 20.5 Å². The van der Waals surface area contributed by atoms with E-state index in [1.54, 1.807) is 11.8 Å². The quantitative estimate of drug-likeness (QED) is 0.484. The molecule has 194 valence electrons. The van der Waals surface area contributed by atoms with Crippen LogP contribution in [0.15, 0.2) is 45.1 Å². The van der Waals surface area contributed by atoms with E-state index in [4.69, 9.17) is 20.2 Å². The van der Waals surface area contributed by atoms with Crippen molar-refractivity contribution in [2.24, 2.45) is 33.0 Å². The summed E-state index contributed by atoms with van der Waals surface area (Å²) < 4.78 is 12.5. The van der Waals surface area contributed by atoms with Crippen LogP contribution >= 0.6 is 11.8 Å². The van der Waals surface area contributed by atoms with Crippen molar-refractivity contribution in [2.75, 3.05) is 33.5 Å². The Kier molecular flexibility index (Phi) is 6.62. The number of benzene rings is 1. The SMILES string of the molecule is C=C(c1cc2c(cc1SC1=NC3=C(NCN=C3N)[N+]1(C)CCCC(C)C(C)(C)C)OCCO2)C1CC1. The van der Waals surface area contributed by atoms with Crippen LogP contribution < -0.4 is 20.5 Å². The van der Waals surface area contributed by atoms with Crippen LogP contribution in [0.4, 0.5) is 0 Å². The van der Waals surface area contributed by atoms with Gasteiger partial charge in [0.2, 0.25) is 5.82 Å². The Labute approximate surface area is 219 Å².